The molecule has 0 atom stereocenters. The van der Waals surface area contributed by atoms with Gasteiger partial charge < -0.3 is 14.2 Å². The molecule has 0 aliphatic carbocycles. The standard InChI is InChI=1S/C21H25N3O3/c25-20(8-10-22-9-7-17-4-1-2-5-18(17)16-22)23-11-13-24(14-12-23)21(26)19-6-3-15-27-19/h1-6,15H,7-14,16H2. The normalized spacial score (nSPS) is 17.6. The third-order valence-electron chi connectivity index (χ3n) is 5.50. The highest BCUT2D eigenvalue weighted by Crippen LogP contribution is 2.18. The first-order valence-electron chi connectivity index (χ1n) is 9.60. The van der Waals surface area contributed by atoms with E-state index in [0.29, 0.717) is 38.4 Å². The summed E-state index contributed by atoms with van der Waals surface area (Å²) in [5, 5.41) is 0. The van der Waals surface area contributed by atoms with Crippen LogP contribution in [0.2, 0.25) is 0 Å². The van der Waals surface area contributed by atoms with E-state index in [2.05, 4.69) is 29.2 Å². The van der Waals surface area contributed by atoms with E-state index < -0.39 is 0 Å². The van der Waals surface area contributed by atoms with Gasteiger partial charge in [-0.05, 0) is 29.7 Å². The molecular weight excluding hydrogens is 342 g/mol. The van der Waals surface area contributed by atoms with Crippen LogP contribution in [0.3, 0.4) is 0 Å². The zero-order valence-corrected chi connectivity index (χ0v) is 15.5. The molecule has 4 rings (SSSR count). The molecule has 0 N–H and O–H groups in total. The summed E-state index contributed by atoms with van der Waals surface area (Å²) in [6.07, 6.45) is 3.10. The van der Waals surface area contributed by atoms with Gasteiger partial charge in [0.2, 0.25) is 5.91 Å². The topological polar surface area (TPSA) is 57.0 Å². The van der Waals surface area contributed by atoms with Crippen molar-refractivity contribution in [1.29, 1.82) is 0 Å². The van der Waals surface area contributed by atoms with Crippen LogP contribution in [0.1, 0.15) is 28.1 Å². The van der Waals surface area contributed by atoms with Crippen molar-refractivity contribution in [2.45, 2.75) is 19.4 Å². The SMILES string of the molecule is O=C(CCN1CCc2ccccc2C1)N1CCN(C(=O)c2ccco2)CC1. The number of hydrogen-bond acceptors (Lipinski definition) is 4. The summed E-state index contributed by atoms with van der Waals surface area (Å²) >= 11 is 0. The monoisotopic (exact) mass is 367 g/mol. The lowest BCUT2D eigenvalue weighted by Gasteiger charge is -2.35. The Morgan fingerprint density at radius 2 is 1.63 bits per heavy atom. The zero-order chi connectivity index (χ0) is 18.6. The number of amides is 2. The van der Waals surface area contributed by atoms with Crippen molar-refractivity contribution in [3.8, 4) is 0 Å². The fourth-order valence-electron chi connectivity index (χ4n) is 3.87. The average Bonchev–Trinajstić information content (AvgIpc) is 3.26. The molecule has 0 radical (unpaired) electrons. The zero-order valence-electron chi connectivity index (χ0n) is 15.5. The largest absolute Gasteiger partial charge is 0.459 e. The molecule has 0 bridgehead atoms. The van der Waals surface area contributed by atoms with Crippen LogP contribution in [0.15, 0.2) is 47.1 Å². The first kappa shape index (κ1) is 17.8. The summed E-state index contributed by atoms with van der Waals surface area (Å²) < 4.78 is 5.18. The van der Waals surface area contributed by atoms with Gasteiger partial charge in [0.1, 0.15) is 0 Å². The van der Waals surface area contributed by atoms with Crippen LogP contribution in [-0.4, -0.2) is 65.8 Å². The maximum absolute atomic E-state index is 12.6. The summed E-state index contributed by atoms with van der Waals surface area (Å²) in [4.78, 5) is 30.9. The van der Waals surface area contributed by atoms with E-state index >= 15 is 0 Å². The molecule has 2 aliphatic rings. The predicted molar refractivity (Wildman–Crippen MR) is 101 cm³/mol. The van der Waals surface area contributed by atoms with Gasteiger partial charge in [0.25, 0.3) is 5.91 Å². The number of furan rings is 1. The average molecular weight is 367 g/mol. The summed E-state index contributed by atoms with van der Waals surface area (Å²) in [5.74, 6) is 0.443. The Hall–Kier alpha value is -2.60. The van der Waals surface area contributed by atoms with Crippen LogP contribution >= 0.6 is 0 Å². The van der Waals surface area contributed by atoms with Crippen molar-refractivity contribution in [3.63, 3.8) is 0 Å². The number of carbonyl (C=O) groups is 2. The predicted octanol–water partition coefficient (Wildman–Crippen LogP) is 2.01. The van der Waals surface area contributed by atoms with E-state index in [1.165, 1.54) is 17.4 Å². The van der Waals surface area contributed by atoms with Crippen molar-refractivity contribution < 1.29 is 14.0 Å². The Bertz CT molecular complexity index is 795. The lowest BCUT2D eigenvalue weighted by molar-refractivity contribution is -0.133. The molecule has 3 heterocycles. The van der Waals surface area contributed by atoms with Crippen molar-refractivity contribution in [3.05, 3.63) is 59.5 Å². The van der Waals surface area contributed by atoms with Crippen LogP contribution in [0.4, 0.5) is 0 Å². The van der Waals surface area contributed by atoms with Gasteiger partial charge in [0, 0.05) is 52.2 Å². The Labute approximate surface area is 159 Å². The minimum absolute atomic E-state index is 0.0981. The van der Waals surface area contributed by atoms with Gasteiger partial charge >= 0.3 is 0 Å². The summed E-state index contributed by atoms with van der Waals surface area (Å²) in [6, 6.07) is 11.9. The Kier molecular flexibility index (Phi) is 5.25. The fraction of sp³-hybridized carbons (Fsp3) is 0.429. The van der Waals surface area contributed by atoms with Gasteiger partial charge in [-0.2, -0.15) is 0 Å². The van der Waals surface area contributed by atoms with Crippen molar-refractivity contribution >= 4 is 11.8 Å². The first-order chi connectivity index (χ1) is 13.2. The second kappa shape index (κ2) is 7.96. The molecule has 6 nitrogen and oxygen atoms in total. The highest BCUT2D eigenvalue weighted by atomic mass is 16.3. The van der Waals surface area contributed by atoms with Gasteiger partial charge in [-0.1, -0.05) is 24.3 Å². The molecule has 0 unspecified atom stereocenters. The molecule has 6 heteroatoms. The van der Waals surface area contributed by atoms with Gasteiger partial charge in [0.15, 0.2) is 5.76 Å². The summed E-state index contributed by atoms with van der Waals surface area (Å²) in [5.41, 5.74) is 2.80. The number of hydrogen-bond donors (Lipinski definition) is 0. The lowest BCUT2D eigenvalue weighted by atomic mass is 10.00. The van der Waals surface area contributed by atoms with E-state index in [4.69, 9.17) is 4.42 Å². The highest BCUT2D eigenvalue weighted by Gasteiger charge is 2.26. The van der Waals surface area contributed by atoms with Crippen LogP contribution in [0.25, 0.3) is 0 Å². The van der Waals surface area contributed by atoms with Gasteiger partial charge in [-0.25, -0.2) is 0 Å². The molecule has 0 spiro atoms. The Morgan fingerprint density at radius 1 is 0.889 bits per heavy atom. The second-order valence-corrected chi connectivity index (χ2v) is 7.20. The molecule has 2 amide bonds. The van der Waals surface area contributed by atoms with Crippen LogP contribution in [0, 0.1) is 0 Å². The molecule has 2 aromatic rings. The lowest BCUT2D eigenvalue weighted by Crippen LogP contribution is -2.51. The number of nitrogens with zero attached hydrogens (tertiary/aromatic N) is 3. The number of carbonyl (C=O) groups excluding carboxylic acids is 2. The van der Waals surface area contributed by atoms with Crippen LogP contribution in [-0.2, 0) is 17.8 Å². The van der Waals surface area contributed by atoms with E-state index in [9.17, 15) is 9.59 Å². The van der Waals surface area contributed by atoms with E-state index in [-0.39, 0.29) is 11.8 Å². The number of fused-ring (bicyclic) bond motifs is 1. The Balaban J connectivity index is 1.23. The summed E-state index contributed by atoms with van der Waals surface area (Å²) in [7, 11) is 0. The minimum atomic E-state index is -0.0981. The molecule has 27 heavy (non-hydrogen) atoms. The third-order valence-corrected chi connectivity index (χ3v) is 5.50. The van der Waals surface area contributed by atoms with Gasteiger partial charge in [-0.3, -0.25) is 14.5 Å². The minimum Gasteiger partial charge on any atom is -0.459 e. The van der Waals surface area contributed by atoms with Crippen molar-refractivity contribution in [1.82, 2.24) is 14.7 Å². The molecule has 142 valence electrons. The molecule has 0 saturated carbocycles. The summed E-state index contributed by atoms with van der Waals surface area (Å²) in [6.45, 7) is 5.02. The van der Waals surface area contributed by atoms with Crippen molar-refractivity contribution in [2.24, 2.45) is 0 Å². The number of rotatable bonds is 4. The number of piperazine rings is 1. The van der Waals surface area contributed by atoms with Crippen LogP contribution in [0.5, 0.6) is 0 Å². The first-order valence-corrected chi connectivity index (χ1v) is 9.60. The van der Waals surface area contributed by atoms with Crippen molar-refractivity contribution in [2.75, 3.05) is 39.3 Å². The molecule has 1 aromatic heterocycles. The smallest absolute Gasteiger partial charge is 0.289 e. The Morgan fingerprint density at radius 3 is 2.37 bits per heavy atom. The number of benzene rings is 1. The molecule has 1 saturated heterocycles. The second-order valence-electron chi connectivity index (χ2n) is 7.20. The van der Waals surface area contributed by atoms with E-state index in [1.807, 2.05) is 4.90 Å². The maximum atomic E-state index is 12.6. The van der Waals surface area contributed by atoms with Gasteiger partial charge in [-0.15, -0.1) is 0 Å². The van der Waals surface area contributed by atoms with E-state index in [0.717, 1.165) is 26.1 Å². The van der Waals surface area contributed by atoms with E-state index in [1.54, 1.807) is 17.0 Å². The molecule has 1 aromatic carbocycles. The third kappa shape index (κ3) is 4.06. The fourth-order valence-corrected chi connectivity index (χ4v) is 3.87. The molecular formula is C21H25N3O3. The van der Waals surface area contributed by atoms with Gasteiger partial charge in [0.05, 0.1) is 6.26 Å². The quantitative estimate of drug-likeness (QED) is 0.830. The van der Waals surface area contributed by atoms with Crippen LogP contribution < -0.4 is 0 Å². The molecule has 1 fully saturated rings. The maximum Gasteiger partial charge on any atom is 0.289 e. The molecule has 2 aliphatic heterocycles. The highest BCUT2D eigenvalue weighted by molar-refractivity contribution is 5.91.